The lowest BCUT2D eigenvalue weighted by Crippen LogP contribution is -2.20. The van der Waals surface area contributed by atoms with Crippen LogP contribution in [0.3, 0.4) is 0 Å². The molecule has 0 amide bonds. The zero-order valence-corrected chi connectivity index (χ0v) is 12.1. The highest BCUT2D eigenvalue weighted by Crippen LogP contribution is 2.28. The highest BCUT2D eigenvalue weighted by atomic mass is 35.5. The van der Waals surface area contributed by atoms with Crippen molar-refractivity contribution in [3.8, 4) is 0 Å². The van der Waals surface area contributed by atoms with E-state index >= 15 is 0 Å². The summed E-state index contributed by atoms with van der Waals surface area (Å²) >= 11 is 6.03. The minimum atomic E-state index is -0.926. The third kappa shape index (κ3) is 3.17. The van der Waals surface area contributed by atoms with Gasteiger partial charge in [0.2, 0.25) is 0 Å². The average Bonchev–Trinajstić information content (AvgIpc) is 2.42. The monoisotopic (exact) mass is 295 g/mol. The molecule has 4 heteroatoms. The van der Waals surface area contributed by atoms with Gasteiger partial charge in [0.1, 0.15) is 0 Å². The molecule has 1 nitrogen and oxygen atoms in total. The summed E-state index contributed by atoms with van der Waals surface area (Å²) in [5, 5.41) is 3.34. The Morgan fingerprint density at radius 3 is 2.45 bits per heavy atom. The number of nitrogens with one attached hydrogen (secondary N) is 1. The van der Waals surface area contributed by atoms with Crippen LogP contribution in [0.2, 0.25) is 5.02 Å². The molecule has 0 aliphatic rings. The zero-order valence-electron chi connectivity index (χ0n) is 11.4. The molecule has 0 fully saturated rings. The summed E-state index contributed by atoms with van der Waals surface area (Å²) in [7, 11) is 1.78. The van der Waals surface area contributed by atoms with Crippen molar-refractivity contribution >= 4 is 11.6 Å². The summed E-state index contributed by atoms with van der Waals surface area (Å²) in [4.78, 5) is 0. The lowest BCUT2D eigenvalue weighted by Gasteiger charge is -2.19. The van der Waals surface area contributed by atoms with E-state index in [0.29, 0.717) is 12.0 Å². The molecule has 2 aromatic carbocycles. The molecule has 1 N–H and O–H groups in total. The van der Waals surface area contributed by atoms with Gasteiger partial charge in [0.25, 0.3) is 0 Å². The van der Waals surface area contributed by atoms with Crippen LogP contribution in [0.25, 0.3) is 0 Å². The maximum Gasteiger partial charge on any atom is 0.160 e. The smallest absolute Gasteiger partial charge is 0.160 e. The molecule has 0 saturated carbocycles. The first kappa shape index (κ1) is 14.9. The lowest BCUT2D eigenvalue weighted by atomic mass is 9.96. The van der Waals surface area contributed by atoms with Gasteiger partial charge in [-0.25, -0.2) is 8.78 Å². The number of rotatable bonds is 4. The Labute approximate surface area is 122 Å². The summed E-state index contributed by atoms with van der Waals surface area (Å²) in [6.45, 7) is 2.02. The quantitative estimate of drug-likeness (QED) is 0.823. The van der Waals surface area contributed by atoms with Crippen LogP contribution in [0.15, 0.2) is 36.4 Å². The van der Waals surface area contributed by atoms with Crippen molar-refractivity contribution in [1.29, 1.82) is 0 Å². The molecule has 0 spiro atoms. The summed E-state index contributed by atoms with van der Waals surface area (Å²) in [5.74, 6) is -1.81. The second-order valence-electron chi connectivity index (χ2n) is 4.76. The number of halogens is 3. The molecule has 20 heavy (non-hydrogen) atoms. The van der Waals surface area contributed by atoms with Crippen molar-refractivity contribution in [2.24, 2.45) is 0 Å². The van der Waals surface area contributed by atoms with Gasteiger partial charge in [0.15, 0.2) is 11.6 Å². The molecule has 0 saturated heterocycles. The van der Waals surface area contributed by atoms with Crippen LogP contribution >= 0.6 is 11.6 Å². The number of hydrogen-bond acceptors (Lipinski definition) is 1. The van der Waals surface area contributed by atoms with Crippen LogP contribution < -0.4 is 5.32 Å². The molecule has 0 heterocycles. The summed E-state index contributed by atoms with van der Waals surface area (Å²) < 4.78 is 26.6. The number of aryl methyl sites for hydroxylation is 1. The Morgan fingerprint density at radius 1 is 1.15 bits per heavy atom. The van der Waals surface area contributed by atoms with E-state index in [2.05, 4.69) is 5.32 Å². The molecule has 0 aliphatic carbocycles. The average molecular weight is 296 g/mol. The lowest BCUT2D eigenvalue weighted by molar-refractivity contribution is 0.501. The van der Waals surface area contributed by atoms with Gasteiger partial charge < -0.3 is 5.32 Å². The molecular weight excluding hydrogens is 280 g/mol. The molecule has 1 atom stereocenters. The van der Waals surface area contributed by atoms with Gasteiger partial charge in [-0.15, -0.1) is 0 Å². The van der Waals surface area contributed by atoms with E-state index in [1.165, 1.54) is 0 Å². The third-order valence-corrected chi connectivity index (χ3v) is 3.78. The van der Waals surface area contributed by atoms with Crippen LogP contribution in [-0.2, 0) is 6.42 Å². The van der Waals surface area contributed by atoms with E-state index < -0.39 is 11.6 Å². The molecule has 2 rings (SSSR count). The fraction of sp³-hybridized carbons (Fsp3) is 0.250. The van der Waals surface area contributed by atoms with Gasteiger partial charge in [-0.1, -0.05) is 35.9 Å². The van der Waals surface area contributed by atoms with Crippen molar-refractivity contribution in [1.82, 2.24) is 5.32 Å². The standard InChI is InChI=1S/C16H16ClF2N/c1-10-5-3-4-6-11(10)7-16(20-2)12-8-14(18)15(19)9-13(12)17/h3-6,8-9,16,20H,7H2,1-2H3. The fourth-order valence-corrected chi connectivity index (χ4v) is 2.51. The van der Waals surface area contributed by atoms with E-state index in [-0.39, 0.29) is 11.1 Å². The van der Waals surface area contributed by atoms with Gasteiger partial charge in [-0.05, 0) is 49.2 Å². The first-order chi connectivity index (χ1) is 9.52. The maximum absolute atomic E-state index is 13.4. The number of likely N-dealkylation sites (N-methyl/N-ethyl adjacent to an activating group) is 1. The van der Waals surface area contributed by atoms with Gasteiger partial charge in [-0.3, -0.25) is 0 Å². The second kappa shape index (κ2) is 6.33. The summed E-state index contributed by atoms with van der Waals surface area (Å²) in [5.41, 5.74) is 2.87. The van der Waals surface area contributed by atoms with Crippen LogP contribution in [-0.4, -0.2) is 7.05 Å². The van der Waals surface area contributed by atoms with E-state index in [4.69, 9.17) is 11.6 Å². The molecule has 0 aromatic heterocycles. The summed E-state index contributed by atoms with van der Waals surface area (Å²) in [6, 6.07) is 9.99. The molecule has 0 radical (unpaired) electrons. The first-order valence-electron chi connectivity index (χ1n) is 6.39. The van der Waals surface area contributed by atoms with Crippen LogP contribution in [0.1, 0.15) is 22.7 Å². The van der Waals surface area contributed by atoms with Crippen LogP contribution in [0.4, 0.5) is 8.78 Å². The van der Waals surface area contributed by atoms with Crippen molar-refractivity contribution in [3.63, 3.8) is 0 Å². The highest BCUT2D eigenvalue weighted by molar-refractivity contribution is 6.31. The topological polar surface area (TPSA) is 12.0 Å². The van der Waals surface area contributed by atoms with Crippen molar-refractivity contribution in [3.05, 3.63) is 69.7 Å². The molecule has 0 bridgehead atoms. The minimum Gasteiger partial charge on any atom is -0.313 e. The molecule has 106 valence electrons. The van der Waals surface area contributed by atoms with Crippen LogP contribution in [0.5, 0.6) is 0 Å². The molecule has 1 unspecified atom stereocenters. The van der Waals surface area contributed by atoms with Gasteiger partial charge in [0.05, 0.1) is 0 Å². The first-order valence-corrected chi connectivity index (χ1v) is 6.77. The highest BCUT2D eigenvalue weighted by Gasteiger charge is 2.17. The Kier molecular flexibility index (Phi) is 4.73. The Hall–Kier alpha value is -1.45. The fourth-order valence-electron chi connectivity index (χ4n) is 2.23. The van der Waals surface area contributed by atoms with Crippen molar-refractivity contribution in [2.75, 3.05) is 7.05 Å². The minimum absolute atomic E-state index is 0.168. The predicted molar refractivity (Wildman–Crippen MR) is 78.1 cm³/mol. The van der Waals surface area contributed by atoms with E-state index in [1.54, 1.807) is 7.05 Å². The van der Waals surface area contributed by atoms with Gasteiger partial charge >= 0.3 is 0 Å². The number of benzene rings is 2. The SMILES string of the molecule is CNC(Cc1ccccc1C)c1cc(F)c(F)cc1Cl. The van der Waals surface area contributed by atoms with Crippen molar-refractivity contribution < 1.29 is 8.78 Å². The van der Waals surface area contributed by atoms with E-state index in [1.807, 2.05) is 31.2 Å². The Balaban J connectivity index is 2.34. The maximum atomic E-state index is 13.4. The Bertz CT molecular complexity index is 613. The zero-order chi connectivity index (χ0) is 14.7. The Morgan fingerprint density at radius 2 is 1.80 bits per heavy atom. The van der Waals surface area contributed by atoms with E-state index in [9.17, 15) is 8.78 Å². The van der Waals surface area contributed by atoms with Crippen molar-refractivity contribution in [2.45, 2.75) is 19.4 Å². The predicted octanol–water partition coefficient (Wildman–Crippen LogP) is 4.43. The second-order valence-corrected chi connectivity index (χ2v) is 5.17. The van der Waals surface area contributed by atoms with Gasteiger partial charge in [0, 0.05) is 11.1 Å². The summed E-state index contributed by atoms with van der Waals surface area (Å²) in [6.07, 6.45) is 0.661. The normalized spacial score (nSPS) is 12.4. The molecule has 2 aromatic rings. The molecular formula is C16H16ClF2N. The number of hydrogen-bond donors (Lipinski definition) is 1. The van der Waals surface area contributed by atoms with Crippen LogP contribution in [0, 0.1) is 18.6 Å². The van der Waals surface area contributed by atoms with Gasteiger partial charge in [-0.2, -0.15) is 0 Å². The largest absolute Gasteiger partial charge is 0.313 e. The molecule has 0 aliphatic heterocycles. The third-order valence-electron chi connectivity index (χ3n) is 3.45. The van der Waals surface area contributed by atoms with E-state index in [0.717, 1.165) is 23.3 Å².